The van der Waals surface area contributed by atoms with Crippen LogP contribution >= 0.6 is 7.60 Å². The van der Waals surface area contributed by atoms with E-state index in [-0.39, 0.29) is 5.56 Å². The van der Waals surface area contributed by atoms with Gasteiger partial charge in [-0.15, -0.1) is 0 Å². The number of esters is 1. The zero-order valence-corrected chi connectivity index (χ0v) is 10.3. The van der Waals surface area contributed by atoms with Crippen molar-refractivity contribution in [1.82, 2.24) is 0 Å². The Morgan fingerprint density at radius 3 is 2.72 bits per heavy atom. The van der Waals surface area contributed by atoms with Gasteiger partial charge < -0.3 is 18.9 Å². The van der Waals surface area contributed by atoms with Crippen LogP contribution in [0.5, 0.6) is 0 Å². The number of hydrogen-bond acceptors (Lipinski definition) is 4. The van der Waals surface area contributed by atoms with Gasteiger partial charge >= 0.3 is 13.6 Å². The van der Waals surface area contributed by atoms with Crippen molar-refractivity contribution in [2.24, 2.45) is 0 Å². The van der Waals surface area contributed by atoms with Gasteiger partial charge in [-0.3, -0.25) is 9.36 Å². The van der Waals surface area contributed by atoms with Crippen LogP contribution in [0.15, 0.2) is 34.9 Å². The predicted molar refractivity (Wildman–Crippen MR) is 63.0 cm³/mol. The van der Waals surface area contributed by atoms with Crippen molar-refractivity contribution in [1.29, 1.82) is 0 Å². The first-order valence-corrected chi connectivity index (χ1v) is 6.72. The topological polar surface area (TPSA) is 97.0 Å². The van der Waals surface area contributed by atoms with Gasteiger partial charge in [0.25, 0.3) is 0 Å². The van der Waals surface area contributed by atoms with Crippen LogP contribution in [0.4, 0.5) is 0 Å². The Morgan fingerprint density at radius 1 is 1.39 bits per heavy atom. The van der Waals surface area contributed by atoms with Crippen molar-refractivity contribution in [3.8, 4) is 0 Å². The zero-order chi connectivity index (χ0) is 13.3. The maximum atomic E-state index is 11.5. The largest absolute Gasteiger partial charge is 0.468 e. The fourth-order valence-corrected chi connectivity index (χ4v) is 2.65. The molecule has 7 heteroatoms. The van der Waals surface area contributed by atoms with Gasteiger partial charge in [0.15, 0.2) is 5.66 Å². The van der Waals surface area contributed by atoms with Crippen LogP contribution in [0.2, 0.25) is 0 Å². The lowest BCUT2D eigenvalue weighted by molar-refractivity contribution is -0.140. The quantitative estimate of drug-likeness (QED) is 0.652. The Balaban J connectivity index is 2.53. The van der Waals surface area contributed by atoms with Gasteiger partial charge in [-0.2, -0.15) is 0 Å². The molecule has 0 saturated carbocycles. The summed E-state index contributed by atoms with van der Waals surface area (Å²) in [6, 6.07) is 6.23. The summed E-state index contributed by atoms with van der Waals surface area (Å²) in [5.41, 5.74) is -1.01. The third kappa shape index (κ3) is 2.31. The third-order valence-corrected chi connectivity index (χ3v) is 3.74. The number of fused-ring (bicyclic) bond motifs is 1. The smallest absolute Gasteiger partial charge is 0.344 e. The maximum Gasteiger partial charge on any atom is 0.344 e. The summed E-state index contributed by atoms with van der Waals surface area (Å²) in [4.78, 5) is 30.0. The highest BCUT2D eigenvalue weighted by Gasteiger charge is 2.38. The first kappa shape index (κ1) is 12.8. The fraction of sp³-hybridized carbons (Fsp3) is 0.182. The van der Waals surface area contributed by atoms with Gasteiger partial charge in [0, 0.05) is 5.39 Å². The molecule has 0 aliphatic carbocycles. The molecule has 0 aliphatic heterocycles. The standard InChI is InChI=1S/C11H11O6P/c1-16-11(12)10(18(13,14)15)8-3-2-7-4-5-17-9(7)6-8/h2-6,10H,1H3,(H2,13,14,15). The molecule has 0 fully saturated rings. The molecular weight excluding hydrogens is 259 g/mol. The lowest BCUT2D eigenvalue weighted by Crippen LogP contribution is -2.14. The van der Waals surface area contributed by atoms with Crippen LogP contribution in [0.3, 0.4) is 0 Å². The molecule has 1 aromatic carbocycles. The number of carbonyl (C=O) groups excluding carboxylic acids is 1. The highest BCUT2D eigenvalue weighted by molar-refractivity contribution is 7.53. The second-order valence-corrected chi connectivity index (χ2v) is 5.43. The Hall–Kier alpha value is -1.62. The SMILES string of the molecule is COC(=O)C(c1ccc2ccoc2c1)P(=O)(O)O. The predicted octanol–water partition coefficient (Wildman–Crippen LogP) is 1.82. The molecule has 18 heavy (non-hydrogen) atoms. The molecule has 0 amide bonds. The monoisotopic (exact) mass is 270 g/mol. The minimum atomic E-state index is -4.65. The molecule has 1 aromatic heterocycles. The van der Waals surface area contributed by atoms with Gasteiger partial charge in [0.2, 0.25) is 0 Å². The summed E-state index contributed by atoms with van der Waals surface area (Å²) < 4.78 is 20.9. The minimum Gasteiger partial charge on any atom is -0.468 e. The first-order chi connectivity index (χ1) is 8.43. The number of furan rings is 1. The summed E-state index contributed by atoms with van der Waals surface area (Å²) in [7, 11) is -3.57. The van der Waals surface area contributed by atoms with E-state index in [2.05, 4.69) is 4.74 Å². The number of rotatable bonds is 3. The van der Waals surface area contributed by atoms with Crippen LogP contribution in [0, 0.1) is 0 Å². The van der Waals surface area contributed by atoms with Crippen LogP contribution in [-0.4, -0.2) is 22.9 Å². The van der Waals surface area contributed by atoms with Crippen molar-refractivity contribution in [3.63, 3.8) is 0 Å². The van der Waals surface area contributed by atoms with Crippen molar-refractivity contribution in [2.75, 3.05) is 7.11 Å². The second-order valence-electron chi connectivity index (χ2n) is 3.73. The van der Waals surface area contributed by atoms with Gasteiger partial charge in [0.1, 0.15) is 5.58 Å². The van der Waals surface area contributed by atoms with Crippen LogP contribution in [0.1, 0.15) is 11.2 Å². The summed E-state index contributed by atoms with van der Waals surface area (Å²) >= 11 is 0. The van der Waals surface area contributed by atoms with Gasteiger partial charge in [-0.1, -0.05) is 12.1 Å². The lowest BCUT2D eigenvalue weighted by atomic mass is 10.1. The first-order valence-electron chi connectivity index (χ1n) is 5.03. The van der Waals surface area contributed by atoms with Crippen LogP contribution < -0.4 is 0 Å². The van der Waals surface area contributed by atoms with Crippen molar-refractivity contribution < 1.29 is 28.3 Å². The normalized spacial score (nSPS) is 13.5. The van der Waals surface area contributed by atoms with Crippen molar-refractivity contribution in [3.05, 3.63) is 36.1 Å². The Bertz CT molecular complexity index is 625. The molecular formula is C11H11O6P. The molecule has 2 aromatic rings. The molecule has 96 valence electrons. The minimum absolute atomic E-state index is 0.164. The molecule has 1 unspecified atom stereocenters. The van der Waals surface area contributed by atoms with Crippen LogP contribution in [-0.2, 0) is 14.1 Å². The number of ether oxygens (including phenoxy) is 1. The Labute approximate surface area is 102 Å². The van der Waals surface area contributed by atoms with E-state index in [1.165, 1.54) is 18.4 Å². The van der Waals surface area contributed by atoms with Crippen LogP contribution in [0.25, 0.3) is 11.0 Å². The van der Waals surface area contributed by atoms with E-state index in [0.717, 1.165) is 12.5 Å². The highest BCUT2D eigenvalue weighted by Crippen LogP contribution is 2.52. The van der Waals surface area contributed by atoms with Gasteiger partial charge in [0.05, 0.1) is 13.4 Å². The number of benzene rings is 1. The number of hydrogen-bond donors (Lipinski definition) is 2. The summed E-state index contributed by atoms with van der Waals surface area (Å²) in [6.45, 7) is 0. The zero-order valence-electron chi connectivity index (χ0n) is 9.44. The van der Waals surface area contributed by atoms with E-state index in [1.807, 2.05) is 0 Å². The Kier molecular flexibility index (Phi) is 3.26. The number of carbonyl (C=O) groups is 1. The number of methoxy groups -OCH3 is 1. The Morgan fingerprint density at radius 2 is 2.11 bits per heavy atom. The van der Waals surface area contributed by atoms with E-state index in [0.29, 0.717) is 5.58 Å². The second kappa shape index (κ2) is 4.57. The molecule has 2 rings (SSSR count). The van der Waals surface area contributed by atoms with Gasteiger partial charge in [-0.25, -0.2) is 0 Å². The summed E-state index contributed by atoms with van der Waals surface area (Å²) in [6.07, 6.45) is 1.46. The van der Waals surface area contributed by atoms with E-state index in [9.17, 15) is 19.1 Å². The van der Waals surface area contributed by atoms with E-state index in [4.69, 9.17) is 4.42 Å². The molecule has 1 atom stereocenters. The average molecular weight is 270 g/mol. The third-order valence-electron chi connectivity index (χ3n) is 2.56. The van der Waals surface area contributed by atoms with Crippen molar-refractivity contribution >= 4 is 24.5 Å². The molecule has 0 bridgehead atoms. The lowest BCUT2D eigenvalue weighted by Gasteiger charge is -2.16. The summed E-state index contributed by atoms with van der Waals surface area (Å²) in [5.74, 6) is -0.978. The molecule has 0 radical (unpaired) electrons. The highest BCUT2D eigenvalue weighted by atomic mass is 31.2. The molecule has 0 aliphatic rings. The van der Waals surface area contributed by atoms with Gasteiger partial charge in [-0.05, 0) is 17.7 Å². The summed E-state index contributed by atoms with van der Waals surface area (Å²) in [5, 5.41) is 0.785. The molecule has 6 nitrogen and oxygen atoms in total. The van der Waals surface area contributed by atoms with E-state index < -0.39 is 19.2 Å². The van der Waals surface area contributed by atoms with E-state index >= 15 is 0 Å². The molecule has 2 N–H and O–H groups in total. The van der Waals surface area contributed by atoms with E-state index in [1.54, 1.807) is 12.1 Å². The molecule has 0 saturated heterocycles. The average Bonchev–Trinajstić information content (AvgIpc) is 2.74. The molecule has 0 spiro atoms. The maximum absolute atomic E-state index is 11.5. The van der Waals surface area contributed by atoms with Crippen molar-refractivity contribution in [2.45, 2.75) is 5.66 Å². The molecule has 1 heterocycles. The fourth-order valence-electron chi connectivity index (χ4n) is 1.72.